The van der Waals surface area contributed by atoms with Crippen molar-refractivity contribution in [2.45, 2.75) is 271 Å². The smallest absolute Gasteiger partial charge is 0.307 e. The van der Waals surface area contributed by atoms with Gasteiger partial charge in [-0.25, -0.2) is 19.3 Å². The number of ether oxygens (including phenoxy) is 3. The molecule has 3 N–H and O–H groups in total. The Bertz CT molecular complexity index is 5590. The number of unbranched alkanes of at least 4 members (excludes halogenated alkanes) is 4. The van der Waals surface area contributed by atoms with Gasteiger partial charge in [0.25, 0.3) is 16.7 Å². The van der Waals surface area contributed by atoms with Crippen LogP contribution in [0.15, 0.2) is 82.6 Å². The number of halogens is 1. The molecule has 0 spiro atoms. The highest BCUT2D eigenvalue weighted by molar-refractivity contribution is 5.83. The maximum Gasteiger partial charge on any atom is 0.307 e. The van der Waals surface area contributed by atoms with Crippen LogP contribution in [0, 0.1) is 40.4 Å². The van der Waals surface area contributed by atoms with Crippen molar-refractivity contribution in [1.29, 1.82) is 0 Å². The number of rotatable bonds is 33. The Kier molecular flexibility index (Phi) is 33.6. The average molecular weight is 1780 g/mol. The number of carbonyl (C=O) groups is 6. The second-order valence-electron chi connectivity index (χ2n) is 35.6. The molecule has 6 aromatic heterocycles. The molecule has 16 rings (SSSR count). The Balaban J connectivity index is 0.000000167. The second kappa shape index (κ2) is 45.2. The number of carbonyl (C=O) groups excluding carboxylic acids is 3. The summed E-state index contributed by atoms with van der Waals surface area (Å²) in [6, 6.07) is 17.1. The van der Waals surface area contributed by atoms with Gasteiger partial charge in [0.2, 0.25) is 11.8 Å². The van der Waals surface area contributed by atoms with Crippen molar-refractivity contribution < 1.29 is 76.3 Å². The molecule has 0 radical (unpaired) electrons. The molecule has 3 aromatic carbocycles. The fraction of sp³-hybridized carbons (Fsp3) is 0.594. The zero-order chi connectivity index (χ0) is 90.1. The highest BCUT2D eigenvalue weighted by atomic mass is 19.1. The first-order valence-electron chi connectivity index (χ1n) is 46.3. The van der Waals surface area contributed by atoms with E-state index in [4.69, 9.17) is 53.1 Å². The lowest BCUT2D eigenvalue weighted by Gasteiger charge is -2.35. The average Bonchev–Trinajstić information content (AvgIpc) is 1.77. The summed E-state index contributed by atoms with van der Waals surface area (Å²) in [4.78, 5) is 135. The predicted octanol–water partition coefficient (Wildman–Crippen LogP) is 13.4. The number of benzene rings is 3. The van der Waals surface area contributed by atoms with Crippen LogP contribution in [0.25, 0.3) is 32.9 Å². The third-order valence-corrected chi connectivity index (χ3v) is 26.7. The Labute approximate surface area is 750 Å². The zero-order valence-electron chi connectivity index (χ0n) is 74.6. The summed E-state index contributed by atoms with van der Waals surface area (Å²) >= 11 is 0. The number of nitrogens with zero attached hydrogens (tertiary/aromatic N) is 14. The first-order valence-corrected chi connectivity index (χ1v) is 46.3. The molecule has 0 aliphatic carbocycles. The fourth-order valence-electron chi connectivity index (χ4n) is 19.3. The van der Waals surface area contributed by atoms with Crippen LogP contribution in [0.1, 0.15) is 277 Å². The van der Waals surface area contributed by atoms with Gasteiger partial charge in [0.1, 0.15) is 29.7 Å². The van der Waals surface area contributed by atoms with Gasteiger partial charge in [-0.2, -0.15) is 0 Å². The molecule has 3 unspecified atom stereocenters. The summed E-state index contributed by atoms with van der Waals surface area (Å²) in [5.41, 5.74) is 12.1. The van der Waals surface area contributed by atoms with Crippen LogP contribution in [0.3, 0.4) is 0 Å². The van der Waals surface area contributed by atoms with Crippen LogP contribution in [-0.4, -0.2) is 218 Å². The molecule has 9 aromatic rings. The van der Waals surface area contributed by atoms with E-state index < -0.39 is 30.0 Å². The molecule has 7 aliphatic heterocycles. The lowest BCUT2D eigenvalue weighted by atomic mass is 9.91. The van der Waals surface area contributed by atoms with Crippen molar-refractivity contribution in [3.63, 3.8) is 0 Å². The Hall–Kier alpha value is -10.7. The van der Waals surface area contributed by atoms with E-state index >= 15 is 0 Å². The zero-order valence-corrected chi connectivity index (χ0v) is 74.6. The molecular weight excluding hydrogens is 1660 g/mol. The van der Waals surface area contributed by atoms with E-state index in [-0.39, 0.29) is 92.0 Å². The lowest BCUT2D eigenvalue weighted by Crippen LogP contribution is -2.50. The van der Waals surface area contributed by atoms with Gasteiger partial charge in [-0.3, -0.25) is 56.9 Å². The molecule has 33 heteroatoms. The van der Waals surface area contributed by atoms with Gasteiger partial charge < -0.3 is 67.6 Å². The van der Waals surface area contributed by atoms with E-state index in [0.717, 1.165) is 234 Å². The second-order valence-corrected chi connectivity index (χ2v) is 35.6. The number of hydrogen-bond acceptors (Lipinski definition) is 24. The van der Waals surface area contributed by atoms with Gasteiger partial charge in [-0.1, -0.05) is 47.9 Å². The molecule has 0 saturated carbocycles. The SMILES string of the molecule is C.Cc1ccc2c(C3CCN(CCc4c(C)nc5n(c4=O)CCCC5OC(=O)CCC(=O)O)CC3)noc2c1.Cc1ccc2c(C3CCN(CCc4c(C)nc5n(c4=O)CCCC5OCCCCCC(=O)O)CC3)noc2c1.Cc1nc2n(c(=O)c1CCN1CCC(c3noc4cc(F)ccc34)CC1)CCCC2OCCCCCC(=O)N1CCN(C(=O)CCC(=O)O)CC1. The number of aryl methyl sites for hydroxylation is 5. The largest absolute Gasteiger partial charge is 0.481 e. The van der Waals surface area contributed by atoms with Crippen molar-refractivity contribution in [3.8, 4) is 0 Å². The predicted molar refractivity (Wildman–Crippen MR) is 480 cm³/mol. The monoisotopic (exact) mass is 1780 g/mol. The van der Waals surface area contributed by atoms with Crippen molar-refractivity contribution in [1.82, 2.24) is 68.6 Å². The molecule has 129 heavy (non-hydrogen) atoms. The number of fused-ring (bicyclic) bond motifs is 6. The number of carboxylic acid groups (broad SMARTS) is 3. The summed E-state index contributed by atoms with van der Waals surface area (Å²) in [5, 5.41) is 42.5. The molecular formula is C96H127FN14O18. The Morgan fingerprint density at radius 1 is 0.403 bits per heavy atom. The number of aliphatic carboxylic acids is 3. The van der Waals surface area contributed by atoms with Gasteiger partial charge >= 0.3 is 23.9 Å². The van der Waals surface area contributed by atoms with Crippen molar-refractivity contribution >= 4 is 68.6 Å². The molecule has 7 aliphatic rings. The summed E-state index contributed by atoms with van der Waals surface area (Å²) in [6.07, 6.45) is 16.2. The molecule has 2 amide bonds. The maximum atomic E-state index is 13.6. The number of likely N-dealkylation sites (tertiary alicyclic amines) is 3. The number of esters is 1. The van der Waals surface area contributed by atoms with Crippen molar-refractivity contribution in [2.75, 3.05) is 98.3 Å². The van der Waals surface area contributed by atoms with E-state index in [1.54, 1.807) is 25.0 Å². The minimum Gasteiger partial charge on any atom is -0.481 e. The number of piperazine rings is 1. The lowest BCUT2D eigenvalue weighted by molar-refractivity contribution is -0.153. The number of amides is 2. The topological polar surface area (TPSA) is 390 Å². The number of aromatic nitrogens is 9. The van der Waals surface area contributed by atoms with E-state index in [1.807, 2.05) is 44.4 Å². The van der Waals surface area contributed by atoms with E-state index in [9.17, 15) is 47.5 Å². The summed E-state index contributed by atoms with van der Waals surface area (Å²) in [5.74, 6) is -0.869. The highest BCUT2D eigenvalue weighted by Crippen LogP contribution is 2.38. The first-order chi connectivity index (χ1) is 61.9. The van der Waals surface area contributed by atoms with Crippen molar-refractivity contribution in [2.24, 2.45) is 0 Å². The normalized spacial score (nSPS) is 18.4. The van der Waals surface area contributed by atoms with Crippen LogP contribution in [-0.2, 0) is 81.9 Å². The highest BCUT2D eigenvalue weighted by Gasteiger charge is 2.35. The van der Waals surface area contributed by atoms with Gasteiger partial charge in [0.05, 0.1) is 36.3 Å². The maximum absolute atomic E-state index is 13.6. The van der Waals surface area contributed by atoms with Crippen LogP contribution in [0.2, 0.25) is 0 Å². The summed E-state index contributed by atoms with van der Waals surface area (Å²) in [6.45, 7) is 22.6. The van der Waals surface area contributed by atoms with Gasteiger partial charge in [0, 0.05) is 172 Å². The van der Waals surface area contributed by atoms with Crippen molar-refractivity contribution in [3.05, 3.63) is 171 Å². The van der Waals surface area contributed by atoms with Crippen LogP contribution < -0.4 is 16.7 Å². The van der Waals surface area contributed by atoms with Crippen LogP contribution >= 0.6 is 0 Å². The Morgan fingerprint density at radius 2 is 0.752 bits per heavy atom. The third kappa shape index (κ3) is 24.5. The molecule has 13 heterocycles. The summed E-state index contributed by atoms with van der Waals surface area (Å²) < 4.78 is 53.3. The van der Waals surface area contributed by atoms with E-state index in [2.05, 4.69) is 66.3 Å². The van der Waals surface area contributed by atoms with Crippen LogP contribution in [0.5, 0.6) is 0 Å². The molecule has 32 nitrogen and oxygen atoms in total. The van der Waals surface area contributed by atoms with E-state index in [0.29, 0.717) is 144 Å². The van der Waals surface area contributed by atoms with Gasteiger partial charge in [-0.05, 0) is 243 Å². The molecule has 0 bridgehead atoms. The Morgan fingerprint density at radius 3 is 1.15 bits per heavy atom. The summed E-state index contributed by atoms with van der Waals surface area (Å²) in [7, 11) is 0. The van der Waals surface area contributed by atoms with Crippen LogP contribution in [0.4, 0.5) is 4.39 Å². The number of carboxylic acids is 3. The fourth-order valence-corrected chi connectivity index (χ4v) is 19.3. The standard InChI is InChI=1S/C37H49FN6O7.C30H40N4O5.C28H34N4O6.CH4/c1-25-28(14-18-41-16-12-26(13-17-41)35-29-9-8-27(38)24-31(29)51-40-35)37(49)44-15-5-6-30(36(44)39-25)50-23-4-2-3-7-32(45)42-19-21-43(22-20-42)33(46)10-11-34(47)48;1-20-9-10-24-26(19-20)39-32-28(24)22-11-15-33(16-12-22)17-13-23-21(2)31-29-25(7-6-14-34(29)30(23)37)38-18-5-3-4-8-27(35)36;1-17-5-6-21-23(16-17)38-30-26(21)19-9-13-31(14-10-19)15-11-20-18(2)29-27-22(4-3-12-32(27)28(20)36)37-25(35)8-7-24(33)34;/h8-9,24,26,30H,2-7,10-23H2,1H3,(H,47,48);9-10,19,22,25H,3-8,11-18H2,1-2H3,(H,35,36);5-6,16,19,22H,3-4,7-15H2,1-2H3,(H,33,34);1H4. The minimum absolute atomic E-state index is 0. The molecule has 696 valence electrons. The molecule has 4 saturated heterocycles. The van der Waals surface area contributed by atoms with E-state index in [1.165, 1.54) is 17.7 Å². The molecule has 3 atom stereocenters. The molecule has 4 fully saturated rings. The first kappa shape index (κ1) is 95.8. The number of hydrogen-bond donors (Lipinski definition) is 3. The minimum atomic E-state index is -1.05. The van der Waals surface area contributed by atoms with Gasteiger partial charge in [-0.15, -0.1) is 0 Å². The quantitative estimate of drug-likeness (QED) is 0.0254. The third-order valence-electron chi connectivity index (χ3n) is 26.7. The number of piperidine rings is 3. The van der Waals surface area contributed by atoms with Gasteiger partial charge in [0.15, 0.2) is 28.7 Å².